The highest BCUT2D eigenvalue weighted by Gasteiger charge is 2.44. The van der Waals surface area contributed by atoms with E-state index in [1.54, 1.807) is 29.4 Å². The van der Waals surface area contributed by atoms with Crippen LogP contribution in [0.2, 0.25) is 0 Å². The van der Waals surface area contributed by atoms with Gasteiger partial charge in [0.1, 0.15) is 0 Å². The zero-order valence-electron chi connectivity index (χ0n) is 11.3. The van der Waals surface area contributed by atoms with Crippen LogP contribution in [0.4, 0.5) is 0 Å². The van der Waals surface area contributed by atoms with Gasteiger partial charge >= 0.3 is 0 Å². The van der Waals surface area contributed by atoms with Crippen molar-refractivity contribution in [2.75, 3.05) is 19.6 Å². The second-order valence-corrected chi connectivity index (χ2v) is 7.34. The first-order chi connectivity index (χ1) is 9.54. The number of sulfonamides is 1. The molecular weight excluding hydrogens is 274 g/mol. The average Bonchev–Trinajstić information content (AvgIpc) is 3.00. The van der Waals surface area contributed by atoms with Crippen LogP contribution in [0.5, 0.6) is 0 Å². The lowest BCUT2D eigenvalue weighted by molar-refractivity contribution is 0.382. The third-order valence-corrected chi connectivity index (χ3v) is 6.37. The number of hydrogen-bond acceptors (Lipinski definition) is 4. The monoisotopic (exact) mass is 291 g/mol. The maximum absolute atomic E-state index is 12.8. The molecule has 2 fully saturated rings. The third-order valence-electron chi connectivity index (χ3n) is 4.29. The molecular formula is C14H17N3O2S. The van der Waals surface area contributed by atoms with Gasteiger partial charge in [0, 0.05) is 19.1 Å². The standard InChI is InChI=1S/C14H17N3O2S/c1-10-6-11(7-15)2-3-14(10)20(18,19)17-5-4-12-8-16-9-13(12)17/h2-3,6,12-13,16H,4-5,8-9H2,1H3/t12-,13+/m0/s1. The zero-order valence-corrected chi connectivity index (χ0v) is 12.2. The number of nitrogens with zero attached hydrogens (tertiary/aromatic N) is 2. The summed E-state index contributed by atoms with van der Waals surface area (Å²) < 4.78 is 27.3. The van der Waals surface area contributed by atoms with Gasteiger partial charge in [0.25, 0.3) is 0 Å². The molecule has 2 saturated heterocycles. The average molecular weight is 291 g/mol. The molecule has 20 heavy (non-hydrogen) atoms. The van der Waals surface area contributed by atoms with Crippen LogP contribution in [-0.2, 0) is 10.0 Å². The van der Waals surface area contributed by atoms with E-state index in [9.17, 15) is 8.42 Å². The third kappa shape index (κ3) is 2.03. The lowest BCUT2D eigenvalue weighted by Gasteiger charge is -2.23. The Morgan fingerprint density at radius 3 is 2.90 bits per heavy atom. The molecule has 0 aliphatic carbocycles. The summed E-state index contributed by atoms with van der Waals surface area (Å²) in [5, 5.41) is 12.1. The van der Waals surface area contributed by atoms with Crippen LogP contribution in [-0.4, -0.2) is 38.4 Å². The van der Waals surface area contributed by atoms with Crippen LogP contribution in [0, 0.1) is 24.2 Å². The Balaban J connectivity index is 1.98. The molecule has 2 aliphatic heterocycles. The summed E-state index contributed by atoms with van der Waals surface area (Å²) >= 11 is 0. The van der Waals surface area contributed by atoms with E-state index in [0.717, 1.165) is 19.5 Å². The summed E-state index contributed by atoms with van der Waals surface area (Å²) in [7, 11) is -3.46. The van der Waals surface area contributed by atoms with E-state index in [-0.39, 0.29) is 6.04 Å². The van der Waals surface area contributed by atoms with Crippen molar-refractivity contribution in [1.82, 2.24) is 9.62 Å². The molecule has 1 aromatic carbocycles. The molecule has 0 unspecified atom stereocenters. The van der Waals surface area contributed by atoms with Gasteiger partial charge in [0.15, 0.2) is 0 Å². The van der Waals surface area contributed by atoms with Gasteiger partial charge in [-0.05, 0) is 49.6 Å². The Bertz CT molecular complexity index is 678. The maximum atomic E-state index is 12.8. The van der Waals surface area contributed by atoms with Crippen LogP contribution in [0.3, 0.4) is 0 Å². The fourth-order valence-corrected chi connectivity index (χ4v) is 5.15. The number of rotatable bonds is 2. The van der Waals surface area contributed by atoms with Crippen LogP contribution >= 0.6 is 0 Å². The van der Waals surface area contributed by atoms with E-state index < -0.39 is 10.0 Å². The van der Waals surface area contributed by atoms with Crippen molar-refractivity contribution in [3.63, 3.8) is 0 Å². The Morgan fingerprint density at radius 2 is 2.20 bits per heavy atom. The molecule has 1 N–H and O–H groups in total. The molecule has 2 heterocycles. The Hall–Kier alpha value is -1.42. The van der Waals surface area contributed by atoms with Gasteiger partial charge in [0.2, 0.25) is 10.0 Å². The first kappa shape index (κ1) is 13.6. The molecule has 0 radical (unpaired) electrons. The van der Waals surface area contributed by atoms with E-state index >= 15 is 0 Å². The fourth-order valence-electron chi connectivity index (χ4n) is 3.24. The minimum Gasteiger partial charge on any atom is -0.315 e. The molecule has 6 heteroatoms. The predicted molar refractivity (Wildman–Crippen MR) is 74.6 cm³/mol. The molecule has 5 nitrogen and oxygen atoms in total. The lowest BCUT2D eigenvalue weighted by atomic mass is 10.1. The molecule has 0 bridgehead atoms. The van der Waals surface area contributed by atoms with Crippen molar-refractivity contribution in [2.24, 2.45) is 5.92 Å². The number of nitrogens with one attached hydrogen (secondary N) is 1. The summed E-state index contributed by atoms with van der Waals surface area (Å²) in [4.78, 5) is 0.323. The minimum atomic E-state index is -3.46. The minimum absolute atomic E-state index is 0.0787. The molecule has 2 atom stereocenters. The van der Waals surface area contributed by atoms with Crippen molar-refractivity contribution in [1.29, 1.82) is 5.26 Å². The van der Waals surface area contributed by atoms with Crippen molar-refractivity contribution in [3.8, 4) is 6.07 Å². The van der Waals surface area contributed by atoms with E-state index in [4.69, 9.17) is 5.26 Å². The van der Waals surface area contributed by atoms with E-state index in [2.05, 4.69) is 5.32 Å². The predicted octanol–water partition coefficient (Wildman–Crippen LogP) is 0.849. The smallest absolute Gasteiger partial charge is 0.243 e. The van der Waals surface area contributed by atoms with Crippen LogP contribution in [0.1, 0.15) is 17.5 Å². The van der Waals surface area contributed by atoms with Gasteiger partial charge in [-0.1, -0.05) is 0 Å². The van der Waals surface area contributed by atoms with Crippen LogP contribution in [0.15, 0.2) is 23.1 Å². The normalized spacial score (nSPS) is 26.4. The van der Waals surface area contributed by atoms with Crippen molar-refractivity contribution < 1.29 is 8.42 Å². The molecule has 0 aromatic heterocycles. The molecule has 106 valence electrons. The highest BCUT2D eigenvalue weighted by Crippen LogP contribution is 2.33. The van der Waals surface area contributed by atoms with Gasteiger partial charge in [-0.15, -0.1) is 0 Å². The summed E-state index contributed by atoms with van der Waals surface area (Å²) in [5.41, 5.74) is 1.13. The zero-order chi connectivity index (χ0) is 14.3. The molecule has 2 aliphatic rings. The summed E-state index contributed by atoms with van der Waals surface area (Å²) in [6.07, 6.45) is 0.923. The first-order valence-electron chi connectivity index (χ1n) is 6.77. The van der Waals surface area contributed by atoms with Crippen molar-refractivity contribution in [3.05, 3.63) is 29.3 Å². The molecule has 3 rings (SSSR count). The highest BCUT2D eigenvalue weighted by atomic mass is 32.2. The van der Waals surface area contributed by atoms with Crippen LogP contribution < -0.4 is 5.32 Å². The molecule has 0 saturated carbocycles. The van der Waals surface area contributed by atoms with Crippen molar-refractivity contribution in [2.45, 2.75) is 24.3 Å². The Labute approximate surface area is 119 Å². The SMILES string of the molecule is Cc1cc(C#N)ccc1S(=O)(=O)N1CC[C@H]2CNC[C@H]21. The van der Waals surface area contributed by atoms with Gasteiger partial charge < -0.3 is 5.32 Å². The summed E-state index contributed by atoms with van der Waals surface area (Å²) in [5.74, 6) is 0.434. The largest absolute Gasteiger partial charge is 0.315 e. The van der Waals surface area contributed by atoms with E-state index in [0.29, 0.717) is 28.5 Å². The number of benzene rings is 1. The first-order valence-corrected chi connectivity index (χ1v) is 8.21. The Morgan fingerprint density at radius 1 is 1.40 bits per heavy atom. The lowest BCUT2D eigenvalue weighted by Crippen LogP contribution is -2.39. The molecule has 0 spiro atoms. The summed E-state index contributed by atoms with van der Waals surface area (Å²) in [6, 6.07) is 6.87. The summed E-state index contributed by atoms with van der Waals surface area (Å²) in [6.45, 7) is 3.98. The molecule has 1 aromatic rings. The van der Waals surface area contributed by atoms with Gasteiger partial charge in [-0.3, -0.25) is 0 Å². The van der Waals surface area contributed by atoms with Crippen LogP contribution in [0.25, 0.3) is 0 Å². The topological polar surface area (TPSA) is 73.2 Å². The maximum Gasteiger partial charge on any atom is 0.243 e. The number of hydrogen-bond donors (Lipinski definition) is 1. The van der Waals surface area contributed by atoms with E-state index in [1.165, 1.54) is 0 Å². The van der Waals surface area contributed by atoms with Gasteiger partial charge in [-0.25, -0.2) is 8.42 Å². The number of fused-ring (bicyclic) bond motifs is 1. The van der Waals surface area contributed by atoms with Crippen molar-refractivity contribution >= 4 is 10.0 Å². The van der Waals surface area contributed by atoms with Gasteiger partial charge in [-0.2, -0.15) is 9.57 Å². The fraction of sp³-hybridized carbons (Fsp3) is 0.500. The number of nitriles is 1. The van der Waals surface area contributed by atoms with E-state index in [1.807, 2.05) is 6.07 Å². The molecule has 0 amide bonds. The Kier molecular flexibility index (Phi) is 3.28. The second kappa shape index (κ2) is 4.85. The highest BCUT2D eigenvalue weighted by molar-refractivity contribution is 7.89. The second-order valence-electron chi connectivity index (χ2n) is 5.48. The number of aryl methyl sites for hydroxylation is 1. The van der Waals surface area contributed by atoms with Gasteiger partial charge in [0.05, 0.1) is 16.5 Å². The quantitative estimate of drug-likeness (QED) is 0.876.